The Balaban J connectivity index is 4.12. The summed E-state index contributed by atoms with van der Waals surface area (Å²) >= 11 is 0. The second kappa shape index (κ2) is 10.5. The van der Waals surface area contributed by atoms with Gasteiger partial charge in [0.15, 0.2) is 0 Å². The highest BCUT2D eigenvalue weighted by Gasteiger charge is 2.19. The number of rotatable bonds is 10. The zero-order chi connectivity index (χ0) is 13.1. The highest BCUT2D eigenvalue weighted by molar-refractivity contribution is 5.81. The molecule has 17 heavy (non-hydrogen) atoms. The van der Waals surface area contributed by atoms with Crippen LogP contribution in [0.4, 0.5) is 0 Å². The van der Waals surface area contributed by atoms with E-state index in [0.717, 1.165) is 51.6 Å². The molecule has 0 spiro atoms. The third-order valence-electron chi connectivity index (χ3n) is 2.89. The van der Waals surface area contributed by atoms with Gasteiger partial charge in [0, 0.05) is 13.1 Å². The van der Waals surface area contributed by atoms with E-state index in [4.69, 9.17) is 10.8 Å². The fraction of sp³-hybridized carbons (Fsp3) is 0.923. The van der Waals surface area contributed by atoms with Gasteiger partial charge in [0.2, 0.25) is 5.91 Å². The van der Waals surface area contributed by atoms with Crippen LogP contribution in [0.3, 0.4) is 0 Å². The molecule has 0 aromatic heterocycles. The van der Waals surface area contributed by atoms with Crippen LogP contribution >= 0.6 is 0 Å². The predicted molar refractivity (Wildman–Crippen MR) is 70.7 cm³/mol. The largest absolute Gasteiger partial charge is 0.394 e. The highest BCUT2D eigenvalue weighted by Crippen LogP contribution is 2.04. The lowest BCUT2D eigenvalue weighted by atomic mass is 10.2. The van der Waals surface area contributed by atoms with Crippen LogP contribution in [0, 0.1) is 0 Å². The van der Waals surface area contributed by atoms with Crippen molar-refractivity contribution < 1.29 is 9.90 Å². The number of unbranched alkanes of at least 4 members (excludes halogenated alkanes) is 4. The van der Waals surface area contributed by atoms with E-state index in [9.17, 15) is 4.79 Å². The van der Waals surface area contributed by atoms with Gasteiger partial charge in [-0.25, -0.2) is 0 Å². The minimum Gasteiger partial charge on any atom is -0.394 e. The van der Waals surface area contributed by atoms with Gasteiger partial charge in [-0.2, -0.15) is 0 Å². The maximum Gasteiger partial charge on any atom is 0.241 e. The van der Waals surface area contributed by atoms with Gasteiger partial charge < -0.3 is 15.7 Å². The molecule has 0 rings (SSSR count). The molecule has 0 aliphatic carbocycles. The Hall–Kier alpha value is -0.610. The number of aliphatic hydroxyl groups is 1. The first-order valence-electron chi connectivity index (χ1n) is 6.82. The Morgan fingerprint density at radius 1 is 1.12 bits per heavy atom. The molecular formula is C13H28N2O2. The third-order valence-corrected chi connectivity index (χ3v) is 2.89. The molecule has 0 fully saturated rings. The van der Waals surface area contributed by atoms with Crippen LogP contribution in [0.15, 0.2) is 0 Å². The summed E-state index contributed by atoms with van der Waals surface area (Å²) in [6.07, 6.45) is 6.59. The number of nitrogens with two attached hydrogens (primary N) is 1. The quantitative estimate of drug-likeness (QED) is 0.573. The van der Waals surface area contributed by atoms with E-state index in [1.807, 2.05) is 4.90 Å². The molecule has 0 aromatic rings. The lowest BCUT2D eigenvalue weighted by Crippen LogP contribution is -2.46. The summed E-state index contributed by atoms with van der Waals surface area (Å²) in [6.45, 7) is 5.55. The lowest BCUT2D eigenvalue weighted by molar-refractivity contribution is -0.133. The van der Waals surface area contributed by atoms with Crippen molar-refractivity contribution in [3.05, 3.63) is 0 Å². The lowest BCUT2D eigenvalue weighted by Gasteiger charge is -2.25. The Morgan fingerprint density at radius 2 is 1.59 bits per heavy atom. The monoisotopic (exact) mass is 244 g/mol. The second-order valence-corrected chi connectivity index (χ2v) is 4.53. The van der Waals surface area contributed by atoms with Gasteiger partial charge in [0.1, 0.15) is 6.04 Å². The van der Waals surface area contributed by atoms with Crippen molar-refractivity contribution in [2.24, 2.45) is 5.73 Å². The minimum atomic E-state index is -0.752. The first-order valence-corrected chi connectivity index (χ1v) is 6.82. The first-order chi connectivity index (χ1) is 8.17. The Bertz CT molecular complexity index is 188. The highest BCUT2D eigenvalue weighted by atomic mass is 16.3. The van der Waals surface area contributed by atoms with Crippen LogP contribution in [-0.4, -0.2) is 41.7 Å². The molecular weight excluding hydrogens is 216 g/mol. The average molecular weight is 244 g/mol. The predicted octanol–water partition coefficient (Wildman–Crippen LogP) is 1.51. The van der Waals surface area contributed by atoms with Crippen LogP contribution in [0.5, 0.6) is 0 Å². The summed E-state index contributed by atoms with van der Waals surface area (Å²) in [5.74, 6) is -0.111. The van der Waals surface area contributed by atoms with Gasteiger partial charge in [-0.15, -0.1) is 0 Å². The van der Waals surface area contributed by atoms with E-state index in [2.05, 4.69) is 13.8 Å². The van der Waals surface area contributed by atoms with Crippen molar-refractivity contribution in [2.75, 3.05) is 19.7 Å². The van der Waals surface area contributed by atoms with Crippen molar-refractivity contribution in [1.82, 2.24) is 4.90 Å². The fourth-order valence-corrected chi connectivity index (χ4v) is 1.75. The molecule has 0 heterocycles. The van der Waals surface area contributed by atoms with Crippen molar-refractivity contribution in [3.8, 4) is 0 Å². The molecule has 0 bridgehead atoms. The smallest absolute Gasteiger partial charge is 0.241 e. The van der Waals surface area contributed by atoms with Gasteiger partial charge in [-0.3, -0.25) is 4.79 Å². The molecule has 1 amide bonds. The summed E-state index contributed by atoms with van der Waals surface area (Å²) in [7, 11) is 0. The third kappa shape index (κ3) is 7.34. The van der Waals surface area contributed by atoms with Crippen molar-refractivity contribution in [2.45, 2.75) is 58.4 Å². The van der Waals surface area contributed by atoms with Crippen LogP contribution in [0.2, 0.25) is 0 Å². The van der Waals surface area contributed by atoms with Gasteiger partial charge in [-0.1, -0.05) is 39.5 Å². The number of hydrogen-bond acceptors (Lipinski definition) is 3. The number of carbonyl (C=O) groups is 1. The summed E-state index contributed by atoms with van der Waals surface area (Å²) in [5, 5.41) is 8.92. The molecule has 0 saturated carbocycles. The molecule has 0 aromatic carbocycles. The fourth-order valence-electron chi connectivity index (χ4n) is 1.75. The van der Waals surface area contributed by atoms with Crippen LogP contribution in [0.1, 0.15) is 52.4 Å². The summed E-state index contributed by atoms with van der Waals surface area (Å²) in [5.41, 5.74) is 5.58. The second-order valence-electron chi connectivity index (χ2n) is 4.53. The van der Waals surface area contributed by atoms with Crippen LogP contribution < -0.4 is 5.73 Å². The number of nitrogens with zero attached hydrogens (tertiary/aromatic N) is 1. The number of hydrogen-bond donors (Lipinski definition) is 2. The summed E-state index contributed by atoms with van der Waals surface area (Å²) < 4.78 is 0. The number of carbonyl (C=O) groups excluding carboxylic acids is 1. The topological polar surface area (TPSA) is 66.6 Å². The zero-order valence-corrected chi connectivity index (χ0v) is 11.3. The minimum absolute atomic E-state index is 0.111. The summed E-state index contributed by atoms with van der Waals surface area (Å²) in [6, 6.07) is -0.752. The summed E-state index contributed by atoms with van der Waals surface area (Å²) in [4.78, 5) is 13.7. The Morgan fingerprint density at radius 3 is 1.94 bits per heavy atom. The Kier molecular flexibility index (Phi) is 10.2. The van der Waals surface area contributed by atoms with Gasteiger partial charge in [0.05, 0.1) is 6.61 Å². The van der Waals surface area contributed by atoms with E-state index in [1.165, 1.54) is 0 Å². The first kappa shape index (κ1) is 16.4. The SMILES string of the molecule is CCCCCN(CCCCC)C(=O)[C@@H](N)CO. The number of amides is 1. The molecule has 0 aliphatic rings. The molecule has 4 heteroatoms. The molecule has 0 saturated heterocycles. The molecule has 0 aliphatic heterocycles. The van der Waals surface area contributed by atoms with Crippen LogP contribution in [0.25, 0.3) is 0 Å². The van der Waals surface area contributed by atoms with E-state index in [0.29, 0.717) is 0 Å². The normalized spacial score (nSPS) is 12.5. The van der Waals surface area contributed by atoms with E-state index < -0.39 is 6.04 Å². The molecule has 0 radical (unpaired) electrons. The standard InChI is InChI=1S/C13H28N2O2/c1-3-5-7-9-15(10-8-6-4-2)13(17)12(14)11-16/h12,16H,3-11,14H2,1-2H3/t12-/m0/s1. The maximum atomic E-state index is 11.9. The molecule has 0 unspecified atom stereocenters. The van der Waals surface area contributed by atoms with Crippen LogP contribution in [-0.2, 0) is 4.79 Å². The Labute approximate surface area is 105 Å². The van der Waals surface area contributed by atoms with Gasteiger partial charge in [0.25, 0.3) is 0 Å². The molecule has 102 valence electrons. The maximum absolute atomic E-state index is 11.9. The zero-order valence-electron chi connectivity index (χ0n) is 11.3. The van der Waals surface area contributed by atoms with E-state index in [1.54, 1.807) is 0 Å². The number of aliphatic hydroxyl groups excluding tert-OH is 1. The van der Waals surface area contributed by atoms with Crippen molar-refractivity contribution >= 4 is 5.91 Å². The molecule has 4 nitrogen and oxygen atoms in total. The molecule has 3 N–H and O–H groups in total. The van der Waals surface area contributed by atoms with Crippen molar-refractivity contribution in [3.63, 3.8) is 0 Å². The van der Waals surface area contributed by atoms with E-state index >= 15 is 0 Å². The van der Waals surface area contributed by atoms with Crippen molar-refractivity contribution in [1.29, 1.82) is 0 Å². The van der Waals surface area contributed by atoms with E-state index in [-0.39, 0.29) is 12.5 Å². The molecule has 1 atom stereocenters. The van der Waals surface area contributed by atoms with Gasteiger partial charge in [-0.05, 0) is 12.8 Å². The average Bonchev–Trinajstić information content (AvgIpc) is 2.35. The van der Waals surface area contributed by atoms with Gasteiger partial charge >= 0.3 is 0 Å².